The van der Waals surface area contributed by atoms with E-state index in [0.29, 0.717) is 23.0 Å². The summed E-state index contributed by atoms with van der Waals surface area (Å²) in [6.07, 6.45) is 0. The first-order valence-electron chi connectivity index (χ1n) is 13.2. The van der Waals surface area contributed by atoms with Crippen LogP contribution in [0.15, 0.2) is 113 Å². The number of thioether (sulfide) groups is 1. The number of carbonyl (C=O) groups excluding carboxylic acids is 2. The lowest BCUT2D eigenvalue weighted by Crippen LogP contribution is -2.19. The molecule has 1 heterocycles. The predicted molar refractivity (Wildman–Crippen MR) is 168 cm³/mol. The average molecular weight is 580 g/mol. The number of aryl methyl sites for hydroxylation is 1. The molecule has 5 rings (SSSR count). The van der Waals surface area contributed by atoms with E-state index in [0.717, 1.165) is 33.0 Å². The summed E-state index contributed by atoms with van der Waals surface area (Å²) in [4.78, 5) is 32.0. The lowest BCUT2D eigenvalue weighted by atomic mass is 10.1. The third kappa shape index (κ3) is 7.22. The fraction of sp³-hybridized carbons (Fsp3) is 0.121. The molecule has 0 aliphatic heterocycles. The molecule has 1 aromatic heterocycles. The summed E-state index contributed by atoms with van der Waals surface area (Å²) in [6.45, 7) is 4.47. The molecule has 0 spiro atoms. The fourth-order valence-corrected chi connectivity index (χ4v) is 6.04. The van der Waals surface area contributed by atoms with E-state index in [9.17, 15) is 9.59 Å². The first-order chi connectivity index (χ1) is 20.0. The van der Waals surface area contributed by atoms with E-state index in [4.69, 9.17) is 4.74 Å². The molecule has 0 aliphatic rings. The van der Waals surface area contributed by atoms with Crippen molar-refractivity contribution in [3.05, 3.63) is 125 Å². The van der Waals surface area contributed by atoms with Gasteiger partial charge in [-0.25, -0.2) is 4.98 Å². The lowest BCUT2D eigenvalue weighted by molar-refractivity contribution is -0.115. The van der Waals surface area contributed by atoms with Crippen molar-refractivity contribution in [2.24, 2.45) is 0 Å². The molecule has 2 N–H and O–H groups in total. The number of anilines is 2. The van der Waals surface area contributed by atoms with E-state index in [1.54, 1.807) is 6.07 Å². The summed E-state index contributed by atoms with van der Waals surface area (Å²) in [5, 5.41) is 7.92. The number of nitrogens with zero attached hydrogens (tertiary/aromatic N) is 1. The summed E-state index contributed by atoms with van der Waals surface area (Å²) in [6, 6.07) is 32.4. The van der Waals surface area contributed by atoms with Crippen LogP contribution in [0.3, 0.4) is 0 Å². The number of hydrogen-bond acceptors (Lipinski definition) is 6. The second-order valence-corrected chi connectivity index (χ2v) is 11.2. The number of amides is 2. The summed E-state index contributed by atoms with van der Waals surface area (Å²) in [5.74, 6) is 0.458. The Morgan fingerprint density at radius 1 is 0.902 bits per heavy atom. The maximum absolute atomic E-state index is 13.6. The van der Waals surface area contributed by atoms with Crippen LogP contribution in [0.25, 0.3) is 11.3 Å². The van der Waals surface area contributed by atoms with Crippen molar-refractivity contribution in [1.29, 1.82) is 0 Å². The highest BCUT2D eigenvalue weighted by molar-refractivity contribution is 8.00. The highest BCUT2D eigenvalue weighted by Crippen LogP contribution is 2.38. The van der Waals surface area contributed by atoms with Gasteiger partial charge in [-0.3, -0.25) is 9.59 Å². The topological polar surface area (TPSA) is 80.3 Å². The molecule has 0 radical (unpaired) electrons. The summed E-state index contributed by atoms with van der Waals surface area (Å²) >= 11 is 2.80. The van der Waals surface area contributed by atoms with Gasteiger partial charge < -0.3 is 15.4 Å². The van der Waals surface area contributed by atoms with Gasteiger partial charge in [0.15, 0.2) is 5.13 Å². The van der Waals surface area contributed by atoms with Crippen LogP contribution in [0.5, 0.6) is 5.75 Å². The predicted octanol–water partition coefficient (Wildman–Crippen LogP) is 8.24. The van der Waals surface area contributed by atoms with Gasteiger partial charge in [0.2, 0.25) is 5.91 Å². The molecule has 0 aliphatic carbocycles. The van der Waals surface area contributed by atoms with Crippen LogP contribution < -0.4 is 15.4 Å². The number of ether oxygens (including phenoxy) is 1. The van der Waals surface area contributed by atoms with Gasteiger partial charge in [0.05, 0.1) is 12.3 Å². The van der Waals surface area contributed by atoms with Crippen LogP contribution in [0.1, 0.15) is 33.7 Å². The standard InChI is InChI=1S/C33H29N3O3S2/c1-3-39-26-18-16-23(17-19-26)29-21-40-33(35-29)36-32(38)30(24-11-5-4-6-12-24)41-27-14-9-13-25(20-27)34-31(37)28-15-8-7-10-22(28)2/h4-21,30H,3H2,1-2H3,(H,34,37)(H,35,36,38). The molecular weight excluding hydrogens is 551 g/mol. The molecule has 0 fully saturated rings. The Morgan fingerprint density at radius 3 is 2.41 bits per heavy atom. The van der Waals surface area contributed by atoms with Crippen LogP contribution in [0.2, 0.25) is 0 Å². The maximum Gasteiger partial charge on any atom is 0.255 e. The van der Waals surface area contributed by atoms with Gasteiger partial charge >= 0.3 is 0 Å². The smallest absolute Gasteiger partial charge is 0.255 e. The maximum atomic E-state index is 13.6. The fourth-order valence-electron chi connectivity index (χ4n) is 4.23. The highest BCUT2D eigenvalue weighted by atomic mass is 32.2. The average Bonchev–Trinajstić information content (AvgIpc) is 3.45. The van der Waals surface area contributed by atoms with Gasteiger partial charge in [0, 0.05) is 27.1 Å². The number of thiazole rings is 1. The Labute approximate surface area is 247 Å². The monoisotopic (exact) mass is 579 g/mol. The van der Waals surface area contributed by atoms with Gasteiger partial charge in [-0.2, -0.15) is 0 Å². The summed E-state index contributed by atoms with van der Waals surface area (Å²) < 4.78 is 5.53. The van der Waals surface area contributed by atoms with Crippen LogP contribution >= 0.6 is 23.1 Å². The second kappa shape index (κ2) is 13.3. The molecular formula is C33H29N3O3S2. The zero-order chi connectivity index (χ0) is 28.6. The Morgan fingerprint density at radius 2 is 1.66 bits per heavy atom. The minimum Gasteiger partial charge on any atom is -0.494 e. The van der Waals surface area contributed by atoms with Crippen molar-refractivity contribution in [3.8, 4) is 17.0 Å². The molecule has 5 aromatic rings. The van der Waals surface area contributed by atoms with Crippen LogP contribution in [0.4, 0.5) is 10.8 Å². The zero-order valence-corrected chi connectivity index (χ0v) is 24.3. The molecule has 1 atom stereocenters. The van der Waals surface area contributed by atoms with Crippen molar-refractivity contribution in [2.75, 3.05) is 17.2 Å². The Balaban J connectivity index is 1.32. The minimum absolute atomic E-state index is 0.172. The molecule has 0 saturated carbocycles. The van der Waals surface area contributed by atoms with Crippen molar-refractivity contribution in [3.63, 3.8) is 0 Å². The third-order valence-electron chi connectivity index (χ3n) is 6.27. The molecule has 6 nitrogen and oxygen atoms in total. The molecule has 1 unspecified atom stereocenters. The lowest BCUT2D eigenvalue weighted by Gasteiger charge is -2.17. The normalized spacial score (nSPS) is 11.5. The van der Waals surface area contributed by atoms with Gasteiger partial charge in [0.1, 0.15) is 11.0 Å². The SMILES string of the molecule is CCOc1ccc(-c2csc(NC(=O)C(Sc3cccc(NC(=O)c4ccccc4C)c3)c3ccccc3)n2)cc1. The van der Waals surface area contributed by atoms with Gasteiger partial charge in [-0.1, -0.05) is 54.6 Å². The van der Waals surface area contributed by atoms with Crippen LogP contribution in [-0.2, 0) is 4.79 Å². The molecule has 8 heteroatoms. The Hall–Kier alpha value is -4.40. The minimum atomic E-state index is -0.531. The van der Waals surface area contributed by atoms with Gasteiger partial charge in [0.25, 0.3) is 5.91 Å². The first kappa shape index (κ1) is 28.1. The number of nitrogens with one attached hydrogen (secondary N) is 2. The largest absolute Gasteiger partial charge is 0.494 e. The molecule has 4 aromatic carbocycles. The highest BCUT2D eigenvalue weighted by Gasteiger charge is 2.23. The molecule has 2 amide bonds. The summed E-state index contributed by atoms with van der Waals surface area (Å²) in [7, 11) is 0. The number of rotatable bonds is 10. The molecule has 0 bridgehead atoms. The third-order valence-corrected chi connectivity index (χ3v) is 8.28. The van der Waals surface area contributed by atoms with Gasteiger partial charge in [-0.15, -0.1) is 23.1 Å². The Kier molecular flexibility index (Phi) is 9.13. The number of hydrogen-bond donors (Lipinski definition) is 2. The number of benzene rings is 4. The second-order valence-electron chi connectivity index (χ2n) is 9.19. The van der Waals surface area contributed by atoms with Gasteiger partial charge in [-0.05, 0) is 73.5 Å². The van der Waals surface area contributed by atoms with Crippen molar-refractivity contribution < 1.29 is 14.3 Å². The molecule has 0 saturated heterocycles. The van der Waals surface area contributed by atoms with Crippen LogP contribution in [0, 0.1) is 6.92 Å². The van der Waals surface area contributed by atoms with E-state index in [2.05, 4.69) is 15.6 Å². The van der Waals surface area contributed by atoms with E-state index >= 15 is 0 Å². The van der Waals surface area contributed by atoms with E-state index < -0.39 is 5.25 Å². The van der Waals surface area contributed by atoms with E-state index in [-0.39, 0.29) is 11.8 Å². The van der Waals surface area contributed by atoms with Crippen molar-refractivity contribution >= 4 is 45.7 Å². The quantitative estimate of drug-likeness (QED) is 0.163. The van der Waals surface area contributed by atoms with Crippen molar-refractivity contribution in [1.82, 2.24) is 4.98 Å². The Bertz CT molecular complexity index is 1640. The molecule has 206 valence electrons. The van der Waals surface area contributed by atoms with E-state index in [1.807, 2.05) is 116 Å². The van der Waals surface area contributed by atoms with Crippen molar-refractivity contribution in [2.45, 2.75) is 24.0 Å². The summed E-state index contributed by atoms with van der Waals surface area (Å²) in [5.41, 5.74) is 4.80. The molecule has 41 heavy (non-hydrogen) atoms. The number of aromatic nitrogens is 1. The number of carbonyl (C=O) groups is 2. The van der Waals surface area contributed by atoms with E-state index in [1.165, 1.54) is 23.1 Å². The zero-order valence-electron chi connectivity index (χ0n) is 22.7. The first-order valence-corrected chi connectivity index (χ1v) is 14.9. The van der Waals surface area contributed by atoms with Crippen LogP contribution in [-0.4, -0.2) is 23.4 Å².